The van der Waals surface area contributed by atoms with E-state index in [0.717, 1.165) is 5.56 Å². The first-order valence-electron chi connectivity index (χ1n) is 4.91. The van der Waals surface area contributed by atoms with E-state index in [-0.39, 0.29) is 6.54 Å². The highest BCUT2D eigenvalue weighted by Crippen LogP contribution is 2.29. The summed E-state index contributed by atoms with van der Waals surface area (Å²) < 4.78 is 10.5. The zero-order valence-electron chi connectivity index (χ0n) is 9.06. The van der Waals surface area contributed by atoms with E-state index >= 15 is 0 Å². The lowest BCUT2D eigenvalue weighted by atomic mass is 10.1. The van der Waals surface area contributed by atoms with Crippen LogP contribution in [-0.2, 0) is 0 Å². The minimum absolute atomic E-state index is 0.192. The molecule has 1 aromatic rings. The number of benzene rings is 1. The Bertz CT molecular complexity index is 315. The number of ether oxygens (including phenoxy) is 2. The Morgan fingerprint density at radius 3 is 2.67 bits per heavy atom. The van der Waals surface area contributed by atoms with E-state index in [2.05, 4.69) is 0 Å². The molecule has 0 saturated carbocycles. The molecule has 1 rings (SSSR count). The maximum Gasteiger partial charge on any atom is 0.161 e. The number of hydrogen-bond acceptors (Lipinski definition) is 4. The smallest absolute Gasteiger partial charge is 0.161 e. The number of aliphatic hydroxyl groups is 1. The van der Waals surface area contributed by atoms with Crippen LogP contribution in [0.2, 0.25) is 0 Å². The van der Waals surface area contributed by atoms with Gasteiger partial charge in [0.2, 0.25) is 0 Å². The highest BCUT2D eigenvalue weighted by atomic mass is 16.5. The third kappa shape index (κ3) is 2.84. The van der Waals surface area contributed by atoms with Crippen LogP contribution in [0.25, 0.3) is 0 Å². The molecule has 84 valence electrons. The highest BCUT2D eigenvalue weighted by Gasteiger charge is 2.10. The van der Waals surface area contributed by atoms with Gasteiger partial charge < -0.3 is 20.3 Å². The van der Waals surface area contributed by atoms with E-state index in [1.165, 1.54) is 0 Å². The molecule has 4 heteroatoms. The molecular weight excluding hydrogens is 194 g/mol. The van der Waals surface area contributed by atoms with Crippen molar-refractivity contribution in [2.45, 2.75) is 13.0 Å². The lowest BCUT2D eigenvalue weighted by Crippen LogP contribution is -2.11. The number of rotatable bonds is 5. The molecule has 0 aliphatic carbocycles. The Morgan fingerprint density at radius 2 is 2.13 bits per heavy atom. The fourth-order valence-electron chi connectivity index (χ4n) is 1.30. The summed E-state index contributed by atoms with van der Waals surface area (Å²) in [4.78, 5) is 0. The summed E-state index contributed by atoms with van der Waals surface area (Å²) in [6.45, 7) is 2.64. The first-order chi connectivity index (χ1) is 7.22. The number of methoxy groups -OCH3 is 1. The van der Waals surface area contributed by atoms with E-state index in [1.54, 1.807) is 25.3 Å². The van der Waals surface area contributed by atoms with Gasteiger partial charge in [-0.3, -0.25) is 0 Å². The molecule has 0 bridgehead atoms. The molecule has 0 aliphatic rings. The summed E-state index contributed by atoms with van der Waals surface area (Å²) in [5.74, 6) is 1.29. The first-order valence-corrected chi connectivity index (χ1v) is 4.91. The van der Waals surface area contributed by atoms with Gasteiger partial charge in [0.25, 0.3) is 0 Å². The number of nitrogens with two attached hydrogens (primary N) is 1. The molecule has 0 aromatic heterocycles. The standard InChI is InChI=1S/C11H17NO3/c1-3-15-11-6-8(9(13)7-12)4-5-10(11)14-2/h4-6,9,13H,3,7,12H2,1-2H3. The van der Waals surface area contributed by atoms with Crippen LogP contribution in [0.15, 0.2) is 18.2 Å². The van der Waals surface area contributed by atoms with Gasteiger partial charge in [0, 0.05) is 6.54 Å². The molecule has 15 heavy (non-hydrogen) atoms. The minimum Gasteiger partial charge on any atom is -0.493 e. The number of hydrogen-bond donors (Lipinski definition) is 2. The van der Waals surface area contributed by atoms with Crippen LogP contribution >= 0.6 is 0 Å². The lowest BCUT2D eigenvalue weighted by molar-refractivity contribution is 0.186. The third-order valence-electron chi connectivity index (χ3n) is 2.10. The van der Waals surface area contributed by atoms with Crippen molar-refractivity contribution in [3.05, 3.63) is 23.8 Å². The lowest BCUT2D eigenvalue weighted by Gasteiger charge is -2.13. The van der Waals surface area contributed by atoms with Gasteiger partial charge in [0.1, 0.15) is 0 Å². The second-order valence-electron chi connectivity index (χ2n) is 3.09. The van der Waals surface area contributed by atoms with E-state index in [9.17, 15) is 5.11 Å². The van der Waals surface area contributed by atoms with Crippen molar-refractivity contribution >= 4 is 0 Å². The van der Waals surface area contributed by atoms with Crippen LogP contribution in [0.3, 0.4) is 0 Å². The zero-order chi connectivity index (χ0) is 11.3. The molecule has 0 radical (unpaired) electrons. The largest absolute Gasteiger partial charge is 0.493 e. The summed E-state index contributed by atoms with van der Waals surface area (Å²) in [6.07, 6.45) is -0.657. The maximum absolute atomic E-state index is 9.56. The van der Waals surface area contributed by atoms with Gasteiger partial charge in [-0.15, -0.1) is 0 Å². The molecule has 0 aliphatic heterocycles. The predicted octanol–water partition coefficient (Wildman–Crippen LogP) is 1.09. The normalized spacial score (nSPS) is 12.3. The van der Waals surface area contributed by atoms with Crippen molar-refractivity contribution < 1.29 is 14.6 Å². The van der Waals surface area contributed by atoms with Gasteiger partial charge in [-0.05, 0) is 24.6 Å². The summed E-state index contributed by atoms with van der Waals surface area (Å²) in [6, 6.07) is 5.29. The summed E-state index contributed by atoms with van der Waals surface area (Å²) in [5, 5.41) is 9.56. The Kier molecular flexibility index (Phi) is 4.39. The molecule has 3 N–H and O–H groups in total. The van der Waals surface area contributed by atoms with Crippen molar-refractivity contribution in [1.29, 1.82) is 0 Å². The van der Waals surface area contributed by atoms with Crippen molar-refractivity contribution in [2.24, 2.45) is 5.73 Å². The zero-order valence-corrected chi connectivity index (χ0v) is 9.06. The molecule has 4 nitrogen and oxygen atoms in total. The van der Waals surface area contributed by atoms with Crippen molar-refractivity contribution in [3.63, 3.8) is 0 Å². The topological polar surface area (TPSA) is 64.7 Å². The van der Waals surface area contributed by atoms with Gasteiger partial charge >= 0.3 is 0 Å². The van der Waals surface area contributed by atoms with Gasteiger partial charge in [0.15, 0.2) is 11.5 Å². The first kappa shape index (κ1) is 11.8. The monoisotopic (exact) mass is 211 g/mol. The van der Waals surface area contributed by atoms with Crippen LogP contribution in [0.1, 0.15) is 18.6 Å². The molecular formula is C11H17NO3. The van der Waals surface area contributed by atoms with E-state index in [4.69, 9.17) is 15.2 Å². The fraction of sp³-hybridized carbons (Fsp3) is 0.455. The Hall–Kier alpha value is -1.26. The van der Waals surface area contributed by atoms with Crippen LogP contribution in [-0.4, -0.2) is 25.4 Å². The molecule has 0 fully saturated rings. The maximum atomic E-state index is 9.56. The minimum atomic E-state index is -0.657. The molecule has 1 aromatic carbocycles. The average molecular weight is 211 g/mol. The van der Waals surface area contributed by atoms with Gasteiger partial charge in [-0.2, -0.15) is 0 Å². The van der Waals surface area contributed by atoms with Crippen molar-refractivity contribution in [2.75, 3.05) is 20.3 Å². The molecule has 1 atom stereocenters. The summed E-state index contributed by atoms with van der Waals surface area (Å²) >= 11 is 0. The fourth-order valence-corrected chi connectivity index (χ4v) is 1.30. The van der Waals surface area contributed by atoms with Crippen LogP contribution < -0.4 is 15.2 Å². The van der Waals surface area contributed by atoms with E-state index in [1.807, 2.05) is 6.92 Å². The average Bonchev–Trinajstić information content (AvgIpc) is 2.28. The Balaban J connectivity index is 2.98. The van der Waals surface area contributed by atoms with E-state index < -0.39 is 6.10 Å². The number of aliphatic hydroxyl groups excluding tert-OH is 1. The van der Waals surface area contributed by atoms with Crippen LogP contribution in [0.5, 0.6) is 11.5 Å². The summed E-state index contributed by atoms with van der Waals surface area (Å²) in [5.41, 5.74) is 6.11. The molecule has 0 spiro atoms. The quantitative estimate of drug-likeness (QED) is 0.765. The molecule has 0 heterocycles. The second-order valence-corrected chi connectivity index (χ2v) is 3.09. The van der Waals surface area contributed by atoms with Crippen molar-refractivity contribution in [3.8, 4) is 11.5 Å². The van der Waals surface area contributed by atoms with Gasteiger partial charge in [-0.25, -0.2) is 0 Å². The van der Waals surface area contributed by atoms with Crippen molar-refractivity contribution in [1.82, 2.24) is 0 Å². The SMILES string of the molecule is CCOc1cc(C(O)CN)ccc1OC. The molecule has 1 unspecified atom stereocenters. The van der Waals surface area contributed by atoms with Crippen LogP contribution in [0, 0.1) is 0 Å². The Morgan fingerprint density at radius 1 is 1.40 bits per heavy atom. The predicted molar refractivity (Wildman–Crippen MR) is 58.2 cm³/mol. The van der Waals surface area contributed by atoms with Gasteiger partial charge in [0.05, 0.1) is 19.8 Å². The summed E-state index contributed by atoms with van der Waals surface area (Å²) in [7, 11) is 1.58. The van der Waals surface area contributed by atoms with Crippen LogP contribution in [0.4, 0.5) is 0 Å². The second kappa shape index (κ2) is 5.58. The van der Waals surface area contributed by atoms with Gasteiger partial charge in [-0.1, -0.05) is 6.07 Å². The van der Waals surface area contributed by atoms with E-state index in [0.29, 0.717) is 18.1 Å². The highest BCUT2D eigenvalue weighted by molar-refractivity contribution is 5.43. The Labute approximate surface area is 89.6 Å². The molecule has 0 saturated heterocycles. The molecule has 0 amide bonds. The third-order valence-corrected chi connectivity index (χ3v) is 2.10.